The van der Waals surface area contributed by atoms with E-state index in [2.05, 4.69) is 0 Å². The van der Waals surface area contributed by atoms with Crippen molar-refractivity contribution in [1.82, 2.24) is 3.97 Å². The summed E-state index contributed by atoms with van der Waals surface area (Å²) in [4.78, 5) is -0.342. The molecule has 1 heterocycles. The molecule has 3 rings (SSSR count). The molecule has 0 amide bonds. The van der Waals surface area contributed by atoms with Crippen LogP contribution in [0.1, 0.15) is 5.56 Å². The van der Waals surface area contributed by atoms with E-state index in [0.29, 0.717) is 0 Å². The molecule has 9 heteroatoms. The second-order valence-electron chi connectivity index (χ2n) is 4.89. The van der Waals surface area contributed by atoms with Gasteiger partial charge in [0.2, 0.25) is 0 Å². The summed E-state index contributed by atoms with van der Waals surface area (Å²) in [6.45, 7) is 0. The van der Waals surface area contributed by atoms with Crippen LogP contribution >= 0.6 is 10.7 Å². The maximum absolute atomic E-state index is 12.8. The Morgan fingerprint density at radius 1 is 1.00 bits per heavy atom. The average molecular weight is 381 g/mol. The molecular formula is C15H9ClN2O4S2. The Labute approximate surface area is 143 Å². The number of fused-ring (bicyclic) bond motifs is 1. The van der Waals surface area contributed by atoms with Crippen LogP contribution in [0.5, 0.6) is 0 Å². The Bertz CT molecular complexity index is 1190. The molecule has 0 N–H and O–H groups in total. The molecule has 0 saturated carbocycles. The van der Waals surface area contributed by atoms with E-state index in [1.165, 1.54) is 30.3 Å². The number of rotatable bonds is 3. The van der Waals surface area contributed by atoms with E-state index in [1.54, 1.807) is 18.2 Å². The number of hydrogen-bond acceptors (Lipinski definition) is 5. The van der Waals surface area contributed by atoms with Crippen LogP contribution in [0, 0.1) is 11.3 Å². The highest BCUT2D eigenvalue weighted by molar-refractivity contribution is 8.14. The molecule has 0 atom stereocenters. The third kappa shape index (κ3) is 2.67. The molecule has 0 radical (unpaired) electrons. The maximum Gasteiger partial charge on any atom is 0.268 e. The van der Waals surface area contributed by atoms with Gasteiger partial charge in [0.1, 0.15) is 4.90 Å². The summed E-state index contributed by atoms with van der Waals surface area (Å²) in [5, 5.41) is 9.15. The van der Waals surface area contributed by atoms with Gasteiger partial charge in [0.25, 0.3) is 19.1 Å². The van der Waals surface area contributed by atoms with E-state index in [4.69, 9.17) is 15.9 Å². The van der Waals surface area contributed by atoms with Crippen LogP contribution in [0.3, 0.4) is 0 Å². The van der Waals surface area contributed by atoms with Crippen LogP contribution in [0.25, 0.3) is 10.9 Å². The Hall–Kier alpha value is -2.34. The van der Waals surface area contributed by atoms with Crippen molar-refractivity contribution < 1.29 is 16.8 Å². The molecule has 3 aromatic rings. The lowest BCUT2D eigenvalue weighted by Gasteiger charge is -2.07. The molecule has 1 aromatic heterocycles. The van der Waals surface area contributed by atoms with E-state index in [9.17, 15) is 16.8 Å². The van der Waals surface area contributed by atoms with Gasteiger partial charge in [-0.05, 0) is 24.3 Å². The van der Waals surface area contributed by atoms with Crippen molar-refractivity contribution in [1.29, 1.82) is 5.26 Å². The molecule has 122 valence electrons. The van der Waals surface area contributed by atoms with Gasteiger partial charge in [-0.15, -0.1) is 0 Å². The van der Waals surface area contributed by atoms with Crippen LogP contribution in [0.2, 0.25) is 0 Å². The van der Waals surface area contributed by atoms with Crippen LogP contribution in [-0.2, 0) is 19.1 Å². The standard InChI is InChI=1S/C15H9ClN2O4S2/c16-23(19,20)15-10-18(14-8-11(9-17)6-7-13(14)15)24(21,22)12-4-2-1-3-5-12/h1-8,10H. The van der Waals surface area contributed by atoms with Crippen LogP contribution in [0.4, 0.5) is 0 Å². The van der Waals surface area contributed by atoms with E-state index in [-0.39, 0.29) is 26.3 Å². The predicted octanol–water partition coefficient (Wildman–Crippen LogP) is 2.68. The van der Waals surface area contributed by atoms with Crippen molar-refractivity contribution >= 4 is 40.7 Å². The van der Waals surface area contributed by atoms with Gasteiger partial charge in [-0.1, -0.05) is 24.3 Å². The van der Waals surface area contributed by atoms with Crippen LogP contribution < -0.4 is 0 Å². The normalized spacial score (nSPS) is 12.2. The SMILES string of the molecule is N#Cc1ccc2c(S(=O)(=O)Cl)cn(S(=O)(=O)c3ccccc3)c2c1. The second kappa shape index (κ2) is 5.63. The predicted molar refractivity (Wildman–Crippen MR) is 88.7 cm³/mol. The van der Waals surface area contributed by atoms with Crippen LogP contribution in [0.15, 0.2) is 64.5 Å². The van der Waals surface area contributed by atoms with E-state index in [1.807, 2.05) is 6.07 Å². The molecule has 0 spiro atoms. The number of nitrogens with zero attached hydrogens (tertiary/aromatic N) is 2. The van der Waals surface area contributed by atoms with E-state index in [0.717, 1.165) is 10.2 Å². The van der Waals surface area contributed by atoms with Gasteiger partial charge in [-0.2, -0.15) is 5.26 Å². The lowest BCUT2D eigenvalue weighted by atomic mass is 10.2. The number of aromatic nitrogens is 1. The highest BCUT2D eigenvalue weighted by atomic mass is 35.7. The minimum Gasteiger partial charge on any atom is -0.240 e. The molecule has 0 aliphatic rings. The first kappa shape index (κ1) is 16.5. The van der Waals surface area contributed by atoms with Gasteiger partial charge in [0, 0.05) is 22.3 Å². The van der Waals surface area contributed by atoms with Gasteiger partial charge >= 0.3 is 0 Å². The van der Waals surface area contributed by atoms with Crippen molar-refractivity contribution in [2.75, 3.05) is 0 Å². The topological polar surface area (TPSA) is 97.0 Å². The van der Waals surface area contributed by atoms with Crippen molar-refractivity contribution in [3.63, 3.8) is 0 Å². The molecule has 0 fully saturated rings. The highest BCUT2D eigenvalue weighted by Gasteiger charge is 2.25. The average Bonchev–Trinajstić information content (AvgIpc) is 2.95. The summed E-state index contributed by atoms with van der Waals surface area (Å²) >= 11 is 0. The molecule has 24 heavy (non-hydrogen) atoms. The molecule has 0 saturated heterocycles. The summed E-state index contributed by atoms with van der Waals surface area (Å²) in [5.41, 5.74) is 0.265. The first-order valence-corrected chi connectivity index (χ1v) is 10.3. The first-order valence-electron chi connectivity index (χ1n) is 6.55. The molecule has 0 bridgehead atoms. The molecular weight excluding hydrogens is 372 g/mol. The number of halogens is 1. The molecule has 0 aliphatic heterocycles. The van der Waals surface area contributed by atoms with Crippen molar-refractivity contribution in [2.24, 2.45) is 0 Å². The number of hydrogen-bond donors (Lipinski definition) is 0. The second-order valence-corrected chi connectivity index (χ2v) is 9.24. The fourth-order valence-corrected chi connectivity index (χ4v) is 4.82. The van der Waals surface area contributed by atoms with Gasteiger partial charge in [-0.3, -0.25) is 0 Å². The zero-order valence-electron chi connectivity index (χ0n) is 11.9. The Balaban J connectivity index is 2.43. The zero-order chi connectivity index (χ0) is 17.5. The minimum atomic E-state index is -4.17. The fourth-order valence-electron chi connectivity index (χ4n) is 2.34. The molecule has 0 unspecified atom stereocenters. The van der Waals surface area contributed by atoms with Crippen LogP contribution in [-0.4, -0.2) is 20.8 Å². The number of nitriles is 1. The van der Waals surface area contributed by atoms with E-state index < -0.39 is 19.1 Å². The minimum absolute atomic E-state index is 0.0113. The monoisotopic (exact) mass is 380 g/mol. The molecule has 0 aliphatic carbocycles. The third-order valence-electron chi connectivity index (χ3n) is 3.43. The van der Waals surface area contributed by atoms with Gasteiger partial charge in [0.15, 0.2) is 0 Å². The van der Waals surface area contributed by atoms with Gasteiger partial charge in [0.05, 0.1) is 22.0 Å². The Morgan fingerprint density at radius 2 is 1.67 bits per heavy atom. The smallest absolute Gasteiger partial charge is 0.240 e. The van der Waals surface area contributed by atoms with Crippen molar-refractivity contribution in [3.8, 4) is 6.07 Å². The summed E-state index contributed by atoms with van der Waals surface area (Å²) in [5.74, 6) is 0. The van der Waals surface area contributed by atoms with E-state index >= 15 is 0 Å². The summed E-state index contributed by atoms with van der Waals surface area (Å²) in [6, 6.07) is 13.5. The van der Waals surface area contributed by atoms with Crippen molar-refractivity contribution in [3.05, 3.63) is 60.3 Å². The molecule has 2 aromatic carbocycles. The third-order valence-corrected chi connectivity index (χ3v) is 6.46. The summed E-state index contributed by atoms with van der Waals surface area (Å²) < 4.78 is 50.0. The fraction of sp³-hybridized carbons (Fsp3) is 0. The molecule has 6 nitrogen and oxygen atoms in total. The Kier molecular flexibility index (Phi) is 3.87. The Morgan fingerprint density at radius 3 is 2.25 bits per heavy atom. The van der Waals surface area contributed by atoms with Gasteiger partial charge < -0.3 is 0 Å². The summed E-state index contributed by atoms with van der Waals surface area (Å²) in [7, 11) is -2.79. The van der Waals surface area contributed by atoms with Crippen molar-refractivity contribution in [2.45, 2.75) is 9.79 Å². The lowest BCUT2D eigenvalue weighted by Crippen LogP contribution is -2.11. The summed E-state index contributed by atoms with van der Waals surface area (Å²) in [6.07, 6.45) is 0.955. The van der Waals surface area contributed by atoms with Gasteiger partial charge in [-0.25, -0.2) is 20.8 Å². The lowest BCUT2D eigenvalue weighted by molar-refractivity contribution is 0.589. The zero-order valence-corrected chi connectivity index (χ0v) is 14.3. The maximum atomic E-state index is 12.8. The first-order chi connectivity index (χ1) is 11.2. The highest BCUT2D eigenvalue weighted by Crippen LogP contribution is 2.31. The number of benzene rings is 2. The largest absolute Gasteiger partial charge is 0.268 e. The quantitative estimate of drug-likeness (QED) is 0.651.